The molecule has 0 saturated carbocycles. The van der Waals surface area contributed by atoms with Gasteiger partial charge in [-0.15, -0.1) is 0 Å². The third-order valence-corrected chi connectivity index (χ3v) is 7.70. The summed E-state index contributed by atoms with van der Waals surface area (Å²) in [4.78, 5) is 45.6. The number of nitrogens with zero attached hydrogens (tertiary/aromatic N) is 3. The molecule has 1 aliphatic heterocycles. The van der Waals surface area contributed by atoms with E-state index in [2.05, 4.69) is 4.99 Å². The minimum Gasteiger partial charge on any atom is -0.463 e. The van der Waals surface area contributed by atoms with E-state index in [0.717, 1.165) is 16.8 Å². The number of ketones is 1. The number of benzene rings is 2. The molecule has 0 aliphatic carbocycles. The average Bonchev–Trinajstić information content (AvgIpc) is 3.52. The van der Waals surface area contributed by atoms with Crippen LogP contribution in [0.1, 0.15) is 48.5 Å². The Labute approximate surface area is 235 Å². The quantitative estimate of drug-likeness (QED) is 0.249. The Morgan fingerprint density at radius 2 is 1.77 bits per heavy atom. The zero-order chi connectivity index (χ0) is 28.6. The molecule has 0 amide bonds. The second-order valence-electron chi connectivity index (χ2n) is 9.62. The molecule has 1 atom stereocenters. The molecule has 3 heterocycles. The van der Waals surface area contributed by atoms with E-state index in [-0.39, 0.29) is 17.9 Å². The van der Waals surface area contributed by atoms with Gasteiger partial charge in [-0.1, -0.05) is 47.7 Å². The molecular formula is C31H29N3O5S. The third kappa shape index (κ3) is 5.08. The van der Waals surface area contributed by atoms with E-state index in [1.54, 1.807) is 42.7 Å². The van der Waals surface area contributed by atoms with Crippen molar-refractivity contribution in [3.05, 3.63) is 109 Å². The fourth-order valence-corrected chi connectivity index (χ4v) is 5.67. The molecule has 0 N–H and O–H groups in total. The van der Waals surface area contributed by atoms with Crippen molar-refractivity contribution in [1.29, 1.82) is 0 Å². The van der Waals surface area contributed by atoms with Crippen LogP contribution in [0, 0.1) is 0 Å². The number of hydrogen-bond acceptors (Lipinski definition) is 8. The summed E-state index contributed by atoms with van der Waals surface area (Å²) in [6, 6.07) is 17.9. The molecule has 0 saturated heterocycles. The Morgan fingerprint density at radius 3 is 2.40 bits per heavy atom. The van der Waals surface area contributed by atoms with Crippen molar-refractivity contribution in [2.24, 2.45) is 4.99 Å². The average molecular weight is 556 g/mol. The zero-order valence-electron chi connectivity index (χ0n) is 22.9. The predicted molar refractivity (Wildman–Crippen MR) is 155 cm³/mol. The molecule has 40 heavy (non-hydrogen) atoms. The zero-order valence-corrected chi connectivity index (χ0v) is 23.7. The fourth-order valence-electron chi connectivity index (χ4n) is 4.65. The molecule has 0 radical (unpaired) electrons. The van der Waals surface area contributed by atoms with Crippen molar-refractivity contribution < 1.29 is 18.7 Å². The van der Waals surface area contributed by atoms with Crippen LogP contribution in [0.2, 0.25) is 0 Å². The number of thiazole rings is 1. The molecular weight excluding hydrogens is 526 g/mol. The van der Waals surface area contributed by atoms with Crippen molar-refractivity contribution in [1.82, 2.24) is 4.57 Å². The van der Waals surface area contributed by atoms with Gasteiger partial charge in [0, 0.05) is 37.0 Å². The number of rotatable bonds is 7. The monoisotopic (exact) mass is 555 g/mol. The summed E-state index contributed by atoms with van der Waals surface area (Å²) in [5, 5.41) is 0. The lowest BCUT2D eigenvalue weighted by Gasteiger charge is -2.25. The number of furan rings is 1. The summed E-state index contributed by atoms with van der Waals surface area (Å²) in [7, 11) is 3.90. The number of ether oxygens (including phenoxy) is 1. The van der Waals surface area contributed by atoms with Gasteiger partial charge in [-0.25, -0.2) is 9.79 Å². The highest BCUT2D eigenvalue weighted by Crippen LogP contribution is 2.31. The Morgan fingerprint density at radius 1 is 1.07 bits per heavy atom. The second-order valence-corrected chi connectivity index (χ2v) is 10.6. The molecule has 0 bridgehead atoms. The molecule has 2 aromatic carbocycles. The predicted octanol–water partition coefficient (Wildman–Crippen LogP) is 4.33. The smallest absolute Gasteiger partial charge is 0.338 e. The number of allylic oxidation sites excluding steroid dienone is 1. The standard InChI is InChI=1S/C31H29N3O5S/c1-6-38-30(37)27-18(2)32-31-34(28(27)22-11-13-23(14-12-22)33(4)5)29(36)26(40-31)17-24-15-16-25(39-24)21-9-7-20(8-10-21)19(3)35/h7-17,28H,6H2,1-5H3/b26-17-/t28-/m0/s1. The summed E-state index contributed by atoms with van der Waals surface area (Å²) in [5.41, 5.74) is 3.81. The van der Waals surface area contributed by atoms with Gasteiger partial charge in [-0.05, 0) is 50.6 Å². The van der Waals surface area contributed by atoms with Crippen LogP contribution >= 0.6 is 11.3 Å². The van der Waals surface area contributed by atoms with Crippen LogP contribution < -0.4 is 19.8 Å². The summed E-state index contributed by atoms with van der Waals surface area (Å²) < 4.78 is 13.4. The normalized spacial score (nSPS) is 15.0. The largest absolute Gasteiger partial charge is 0.463 e. The molecule has 9 heteroatoms. The Balaban J connectivity index is 1.59. The van der Waals surface area contributed by atoms with Gasteiger partial charge in [0.2, 0.25) is 0 Å². The lowest BCUT2D eigenvalue weighted by atomic mass is 9.95. The molecule has 0 spiro atoms. The third-order valence-electron chi connectivity index (χ3n) is 6.72. The SMILES string of the molecule is CCOC(=O)C1=C(C)N=c2s/c(=C\c3ccc(-c4ccc(C(C)=O)cc4)o3)c(=O)n2[C@H]1c1ccc(N(C)C)cc1. The Hall–Kier alpha value is -4.50. The van der Waals surface area contributed by atoms with Gasteiger partial charge in [0.15, 0.2) is 10.6 Å². The molecule has 2 aromatic heterocycles. The van der Waals surface area contributed by atoms with Gasteiger partial charge < -0.3 is 14.1 Å². The summed E-state index contributed by atoms with van der Waals surface area (Å²) in [5.74, 6) is 0.624. The van der Waals surface area contributed by atoms with E-state index in [0.29, 0.717) is 37.7 Å². The van der Waals surface area contributed by atoms with Crippen LogP contribution in [0.4, 0.5) is 5.69 Å². The number of carbonyl (C=O) groups excluding carboxylic acids is 2. The Kier molecular flexibility index (Phi) is 7.40. The van der Waals surface area contributed by atoms with Crippen LogP contribution in [0.25, 0.3) is 17.4 Å². The maximum atomic E-state index is 13.8. The highest BCUT2D eigenvalue weighted by atomic mass is 32.1. The second kappa shape index (κ2) is 10.9. The number of carbonyl (C=O) groups is 2. The summed E-state index contributed by atoms with van der Waals surface area (Å²) in [6.07, 6.45) is 1.69. The first-order chi connectivity index (χ1) is 19.2. The van der Waals surface area contributed by atoms with Gasteiger partial charge in [0.25, 0.3) is 5.56 Å². The van der Waals surface area contributed by atoms with Gasteiger partial charge >= 0.3 is 5.97 Å². The minimum atomic E-state index is -0.680. The van der Waals surface area contributed by atoms with E-state index >= 15 is 0 Å². The first-order valence-electron chi connectivity index (χ1n) is 12.9. The summed E-state index contributed by atoms with van der Waals surface area (Å²) >= 11 is 1.24. The van der Waals surface area contributed by atoms with E-state index in [4.69, 9.17) is 9.15 Å². The van der Waals surface area contributed by atoms with Crippen molar-refractivity contribution in [2.45, 2.75) is 26.8 Å². The first kappa shape index (κ1) is 27.1. The number of fused-ring (bicyclic) bond motifs is 1. The highest BCUT2D eigenvalue weighted by Gasteiger charge is 2.33. The van der Waals surface area contributed by atoms with Gasteiger partial charge in [0.05, 0.1) is 28.5 Å². The maximum Gasteiger partial charge on any atom is 0.338 e. The van der Waals surface area contributed by atoms with E-state index < -0.39 is 12.0 Å². The minimum absolute atomic E-state index is 0.00430. The number of aromatic nitrogens is 1. The van der Waals surface area contributed by atoms with Crippen molar-refractivity contribution in [2.75, 3.05) is 25.6 Å². The lowest BCUT2D eigenvalue weighted by molar-refractivity contribution is -0.139. The number of hydrogen-bond donors (Lipinski definition) is 0. The fraction of sp³-hybridized carbons (Fsp3) is 0.226. The van der Waals surface area contributed by atoms with E-state index in [1.807, 2.05) is 61.5 Å². The van der Waals surface area contributed by atoms with Crippen LogP contribution in [0.15, 0.2) is 86.1 Å². The van der Waals surface area contributed by atoms with Crippen molar-refractivity contribution >= 4 is 34.9 Å². The Bertz CT molecular complexity index is 1810. The molecule has 1 aliphatic rings. The molecule has 204 valence electrons. The molecule has 5 rings (SSSR count). The highest BCUT2D eigenvalue weighted by molar-refractivity contribution is 7.07. The van der Waals surface area contributed by atoms with Crippen molar-refractivity contribution in [3.8, 4) is 11.3 Å². The number of anilines is 1. The van der Waals surface area contributed by atoms with Crippen LogP contribution in [-0.4, -0.2) is 37.0 Å². The van der Waals surface area contributed by atoms with Crippen LogP contribution in [0.5, 0.6) is 0 Å². The van der Waals surface area contributed by atoms with Crippen LogP contribution in [0.3, 0.4) is 0 Å². The molecule has 4 aromatic rings. The number of esters is 1. The van der Waals surface area contributed by atoms with E-state index in [1.165, 1.54) is 18.3 Å². The van der Waals surface area contributed by atoms with Crippen molar-refractivity contribution in [3.63, 3.8) is 0 Å². The topological polar surface area (TPSA) is 94.1 Å². The lowest BCUT2D eigenvalue weighted by Crippen LogP contribution is -2.39. The maximum absolute atomic E-state index is 13.8. The molecule has 0 fully saturated rings. The van der Waals surface area contributed by atoms with Gasteiger partial charge in [-0.3, -0.25) is 14.2 Å². The molecule has 0 unspecified atom stereocenters. The first-order valence-corrected chi connectivity index (χ1v) is 13.7. The van der Waals surface area contributed by atoms with Crippen LogP contribution in [-0.2, 0) is 9.53 Å². The van der Waals surface area contributed by atoms with E-state index in [9.17, 15) is 14.4 Å². The van der Waals surface area contributed by atoms with Gasteiger partial charge in [-0.2, -0.15) is 0 Å². The number of Topliss-reactive ketones (excluding diaryl/α,β-unsaturated/α-hetero) is 1. The molecule has 8 nitrogen and oxygen atoms in total. The summed E-state index contributed by atoms with van der Waals surface area (Å²) in [6.45, 7) is 5.25. The van der Waals surface area contributed by atoms with Gasteiger partial charge in [0.1, 0.15) is 11.5 Å².